The third-order valence-electron chi connectivity index (χ3n) is 4.86. The third kappa shape index (κ3) is 4.99. The molecule has 140 valence electrons. The molecule has 1 aromatic rings. The molecule has 26 heavy (non-hydrogen) atoms. The molecule has 0 spiro atoms. The molecule has 1 aliphatic heterocycles. The number of piperazine rings is 1. The van der Waals surface area contributed by atoms with Crippen molar-refractivity contribution in [1.82, 2.24) is 15.1 Å². The number of nitrogens with zero attached hydrogens (tertiary/aromatic N) is 2. The lowest BCUT2D eigenvalue weighted by atomic mass is 10.1. The summed E-state index contributed by atoms with van der Waals surface area (Å²) in [7, 11) is 0. The minimum atomic E-state index is -0.258. The van der Waals surface area contributed by atoms with Gasteiger partial charge >= 0.3 is 0 Å². The Labute approximate surface area is 155 Å². The van der Waals surface area contributed by atoms with E-state index in [1.807, 2.05) is 39.0 Å². The Morgan fingerprint density at radius 3 is 2.62 bits per heavy atom. The summed E-state index contributed by atoms with van der Waals surface area (Å²) >= 11 is 0. The van der Waals surface area contributed by atoms with Crippen molar-refractivity contribution in [3.8, 4) is 18.1 Å². The topological polar surface area (TPSA) is 61.9 Å². The molecule has 1 atom stereocenters. The highest BCUT2D eigenvalue weighted by molar-refractivity contribution is 5.81. The molecule has 2 rings (SSSR count). The number of benzene rings is 1. The van der Waals surface area contributed by atoms with Gasteiger partial charge in [-0.2, -0.15) is 0 Å². The molecular formula is C20H27N3O3. The first kappa shape index (κ1) is 19.8. The largest absolute Gasteiger partial charge is 0.483 e. The number of carbonyl (C=O) groups excluding carboxylic acids is 2. The molecule has 0 radical (unpaired) electrons. The molecule has 1 N–H and O–H groups in total. The third-order valence-corrected chi connectivity index (χ3v) is 4.86. The van der Waals surface area contributed by atoms with Crippen LogP contribution in [0, 0.1) is 26.2 Å². The molecule has 1 aliphatic rings. The van der Waals surface area contributed by atoms with Crippen molar-refractivity contribution < 1.29 is 14.3 Å². The van der Waals surface area contributed by atoms with Crippen LogP contribution in [0.15, 0.2) is 18.2 Å². The lowest BCUT2D eigenvalue weighted by Gasteiger charge is -2.37. The van der Waals surface area contributed by atoms with Crippen LogP contribution in [-0.4, -0.2) is 67.0 Å². The van der Waals surface area contributed by atoms with Gasteiger partial charge in [0.05, 0.1) is 12.6 Å². The van der Waals surface area contributed by atoms with Crippen LogP contribution in [0.25, 0.3) is 0 Å². The van der Waals surface area contributed by atoms with Gasteiger partial charge in [-0.1, -0.05) is 18.1 Å². The van der Waals surface area contributed by atoms with Gasteiger partial charge < -0.3 is 15.0 Å². The minimum absolute atomic E-state index is 0.0303. The first-order chi connectivity index (χ1) is 12.4. The molecule has 0 unspecified atom stereocenters. The zero-order valence-electron chi connectivity index (χ0n) is 15.7. The van der Waals surface area contributed by atoms with E-state index >= 15 is 0 Å². The standard InChI is InChI=1S/C20H27N3O3/c1-5-9-21-20(25)17(4)22-10-12-23(13-11-22)19(24)14-26-18-8-6-7-15(2)16(18)3/h1,6-8,17H,9-14H2,2-4H3,(H,21,25)/t17-/m0/s1. The Morgan fingerprint density at radius 2 is 1.96 bits per heavy atom. The SMILES string of the molecule is C#CCNC(=O)[C@H](C)N1CCN(C(=O)COc2cccc(C)c2C)CC1. The van der Waals surface area contributed by atoms with Gasteiger partial charge in [-0.05, 0) is 38.0 Å². The predicted molar refractivity (Wildman–Crippen MR) is 101 cm³/mol. The highest BCUT2D eigenvalue weighted by Gasteiger charge is 2.27. The average molecular weight is 357 g/mol. The lowest BCUT2D eigenvalue weighted by Crippen LogP contribution is -2.55. The van der Waals surface area contributed by atoms with Gasteiger partial charge in [-0.25, -0.2) is 0 Å². The Morgan fingerprint density at radius 1 is 1.27 bits per heavy atom. The zero-order chi connectivity index (χ0) is 19.1. The number of hydrogen-bond donors (Lipinski definition) is 1. The molecule has 2 amide bonds. The van der Waals surface area contributed by atoms with Crippen molar-refractivity contribution >= 4 is 11.8 Å². The lowest BCUT2D eigenvalue weighted by molar-refractivity contribution is -0.136. The second kappa shape index (κ2) is 9.25. The summed E-state index contributed by atoms with van der Waals surface area (Å²) in [6, 6.07) is 5.56. The fourth-order valence-corrected chi connectivity index (χ4v) is 2.92. The molecule has 0 bridgehead atoms. The quantitative estimate of drug-likeness (QED) is 0.771. The van der Waals surface area contributed by atoms with Crippen LogP contribution in [0.2, 0.25) is 0 Å². The Kier molecular flexibility index (Phi) is 7.05. The van der Waals surface area contributed by atoms with Crippen LogP contribution >= 0.6 is 0 Å². The van der Waals surface area contributed by atoms with Gasteiger partial charge in [0.2, 0.25) is 5.91 Å². The van der Waals surface area contributed by atoms with E-state index < -0.39 is 0 Å². The molecule has 0 aromatic heterocycles. The zero-order valence-corrected chi connectivity index (χ0v) is 15.7. The molecule has 1 fully saturated rings. The fourth-order valence-electron chi connectivity index (χ4n) is 2.92. The maximum absolute atomic E-state index is 12.4. The van der Waals surface area contributed by atoms with Gasteiger partial charge in [0.1, 0.15) is 5.75 Å². The van der Waals surface area contributed by atoms with Gasteiger partial charge in [0, 0.05) is 26.2 Å². The number of hydrogen-bond acceptors (Lipinski definition) is 4. The summed E-state index contributed by atoms with van der Waals surface area (Å²) in [6.07, 6.45) is 5.16. The maximum Gasteiger partial charge on any atom is 0.260 e. The van der Waals surface area contributed by atoms with Crippen LogP contribution in [0.1, 0.15) is 18.1 Å². The summed E-state index contributed by atoms with van der Waals surface area (Å²) in [5.41, 5.74) is 2.19. The van der Waals surface area contributed by atoms with Crippen LogP contribution in [0.5, 0.6) is 5.75 Å². The second-order valence-electron chi connectivity index (χ2n) is 6.50. The number of carbonyl (C=O) groups is 2. The molecule has 0 saturated carbocycles. The molecular weight excluding hydrogens is 330 g/mol. The van der Waals surface area contributed by atoms with Gasteiger partial charge in [0.25, 0.3) is 5.91 Å². The minimum Gasteiger partial charge on any atom is -0.483 e. The number of terminal acetylenes is 1. The Hall–Kier alpha value is -2.52. The number of aryl methyl sites for hydroxylation is 1. The molecule has 6 nitrogen and oxygen atoms in total. The van der Waals surface area contributed by atoms with Gasteiger partial charge in [-0.3, -0.25) is 14.5 Å². The number of ether oxygens (including phenoxy) is 1. The van der Waals surface area contributed by atoms with Crippen LogP contribution in [0.3, 0.4) is 0 Å². The van der Waals surface area contributed by atoms with E-state index in [9.17, 15) is 9.59 Å². The average Bonchev–Trinajstić information content (AvgIpc) is 2.66. The summed E-state index contributed by atoms with van der Waals surface area (Å²) in [4.78, 5) is 28.2. The van der Waals surface area contributed by atoms with Crippen LogP contribution < -0.4 is 10.1 Å². The number of amides is 2. The predicted octanol–water partition coefficient (Wildman–Crippen LogP) is 0.964. The number of nitrogens with one attached hydrogen (secondary N) is 1. The molecule has 0 aliphatic carbocycles. The number of rotatable bonds is 6. The van der Waals surface area contributed by atoms with E-state index in [1.54, 1.807) is 4.90 Å². The highest BCUT2D eigenvalue weighted by atomic mass is 16.5. The Balaban J connectivity index is 1.80. The summed E-state index contributed by atoms with van der Waals surface area (Å²) in [6.45, 7) is 8.60. The van der Waals surface area contributed by atoms with Gasteiger partial charge in [0.15, 0.2) is 6.61 Å². The maximum atomic E-state index is 12.4. The van der Waals surface area contributed by atoms with E-state index in [1.165, 1.54) is 0 Å². The molecule has 1 aromatic carbocycles. The van der Waals surface area contributed by atoms with Crippen molar-refractivity contribution in [2.24, 2.45) is 0 Å². The highest BCUT2D eigenvalue weighted by Crippen LogP contribution is 2.20. The van der Waals surface area contributed by atoms with Crippen molar-refractivity contribution in [3.63, 3.8) is 0 Å². The Bertz CT molecular complexity index is 688. The summed E-state index contributed by atoms with van der Waals surface area (Å²) < 4.78 is 5.70. The monoisotopic (exact) mass is 357 g/mol. The van der Waals surface area contributed by atoms with Crippen molar-refractivity contribution in [2.45, 2.75) is 26.8 Å². The van der Waals surface area contributed by atoms with Crippen LogP contribution in [0.4, 0.5) is 0 Å². The molecule has 1 heterocycles. The van der Waals surface area contributed by atoms with Crippen molar-refractivity contribution in [3.05, 3.63) is 29.3 Å². The van der Waals surface area contributed by atoms with Crippen molar-refractivity contribution in [1.29, 1.82) is 0 Å². The molecule has 6 heteroatoms. The van der Waals surface area contributed by atoms with Crippen LogP contribution in [-0.2, 0) is 9.59 Å². The van der Waals surface area contributed by atoms with E-state index in [-0.39, 0.29) is 31.0 Å². The van der Waals surface area contributed by atoms with E-state index in [4.69, 9.17) is 11.2 Å². The summed E-state index contributed by atoms with van der Waals surface area (Å²) in [5.74, 6) is 3.03. The normalized spacial score (nSPS) is 15.8. The smallest absolute Gasteiger partial charge is 0.260 e. The second-order valence-corrected chi connectivity index (χ2v) is 6.50. The van der Waals surface area contributed by atoms with E-state index in [0.29, 0.717) is 26.2 Å². The van der Waals surface area contributed by atoms with E-state index in [2.05, 4.69) is 16.1 Å². The van der Waals surface area contributed by atoms with E-state index in [0.717, 1.165) is 16.9 Å². The van der Waals surface area contributed by atoms with Gasteiger partial charge in [-0.15, -0.1) is 6.42 Å². The summed E-state index contributed by atoms with van der Waals surface area (Å²) in [5, 5.41) is 2.69. The molecule has 1 saturated heterocycles. The first-order valence-corrected chi connectivity index (χ1v) is 8.86. The first-order valence-electron chi connectivity index (χ1n) is 8.86. The van der Waals surface area contributed by atoms with Crippen molar-refractivity contribution in [2.75, 3.05) is 39.3 Å². The fraction of sp³-hybridized carbons (Fsp3) is 0.500.